The highest BCUT2D eigenvalue weighted by Gasteiger charge is 2.24. The molecule has 0 radical (unpaired) electrons. The Bertz CT molecular complexity index is 818. The van der Waals surface area contributed by atoms with E-state index in [1.54, 1.807) is 10.9 Å². The van der Waals surface area contributed by atoms with E-state index in [4.69, 9.17) is 14.2 Å². The maximum Gasteiger partial charge on any atom is 0.317 e. The molecule has 0 aromatic carbocycles. The molecular weight excluding hydrogens is 444 g/mol. The van der Waals surface area contributed by atoms with Gasteiger partial charge in [0.15, 0.2) is 0 Å². The Balaban J connectivity index is 1.11. The van der Waals surface area contributed by atoms with Crippen LogP contribution in [0.4, 0.5) is 4.79 Å². The monoisotopic (exact) mass is 478 g/mol. The predicted molar refractivity (Wildman–Crippen MR) is 121 cm³/mol. The smallest absolute Gasteiger partial charge is 0.317 e. The van der Waals surface area contributed by atoms with Crippen molar-refractivity contribution in [1.82, 2.24) is 30.1 Å². The van der Waals surface area contributed by atoms with Gasteiger partial charge in [0.05, 0.1) is 58.9 Å². The summed E-state index contributed by atoms with van der Waals surface area (Å²) < 4.78 is 18.1. The van der Waals surface area contributed by atoms with E-state index in [1.165, 1.54) is 12.2 Å². The molecule has 4 amide bonds. The summed E-state index contributed by atoms with van der Waals surface area (Å²) in [5.41, 5.74) is 0.537. The molecule has 1 N–H and O–H groups in total. The number of nitrogens with one attached hydrogen (secondary N) is 1. The number of ether oxygens (including phenoxy) is 3. The molecule has 0 saturated carbocycles. The Morgan fingerprint density at radius 3 is 2.29 bits per heavy atom. The van der Waals surface area contributed by atoms with Crippen molar-refractivity contribution in [2.45, 2.75) is 32.9 Å². The lowest BCUT2D eigenvalue weighted by Gasteiger charge is -2.30. The molecule has 1 saturated heterocycles. The van der Waals surface area contributed by atoms with Crippen molar-refractivity contribution in [1.29, 1.82) is 0 Å². The molecule has 1 fully saturated rings. The summed E-state index contributed by atoms with van der Waals surface area (Å²) in [4.78, 5) is 38.2. The highest BCUT2D eigenvalue weighted by Crippen LogP contribution is 2.15. The average Bonchev–Trinajstić information content (AvgIpc) is 3.41. The van der Waals surface area contributed by atoms with Crippen LogP contribution in [-0.2, 0) is 36.9 Å². The summed E-state index contributed by atoms with van der Waals surface area (Å²) >= 11 is 0. The number of carbonyl (C=O) groups excluding carboxylic acids is 3. The van der Waals surface area contributed by atoms with Gasteiger partial charge in [-0.1, -0.05) is 12.1 Å². The van der Waals surface area contributed by atoms with Gasteiger partial charge in [0.2, 0.25) is 0 Å². The van der Waals surface area contributed by atoms with Crippen LogP contribution < -0.4 is 5.32 Å². The molecule has 1 aromatic rings. The normalized spacial score (nSPS) is 16.6. The lowest BCUT2D eigenvalue weighted by Crippen LogP contribution is -2.45. The van der Waals surface area contributed by atoms with Crippen LogP contribution in [0.5, 0.6) is 0 Å². The fourth-order valence-electron chi connectivity index (χ4n) is 3.52. The second-order valence-electron chi connectivity index (χ2n) is 8.31. The van der Waals surface area contributed by atoms with Crippen molar-refractivity contribution in [2.75, 3.05) is 59.3 Å². The quantitative estimate of drug-likeness (QED) is 0.297. The Labute approximate surface area is 199 Å². The second kappa shape index (κ2) is 13.8. The number of aromatic nitrogens is 3. The molecule has 2 aliphatic heterocycles. The highest BCUT2D eigenvalue weighted by atomic mass is 16.5. The van der Waals surface area contributed by atoms with Crippen molar-refractivity contribution >= 4 is 17.8 Å². The summed E-state index contributed by atoms with van der Waals surface area (Å²) in [6, 6.07) is -0.0138. The van der Waals surface area contributed by atoms with E-state index in [1.807, 2.05) is 4.90 Å². The van der Waals surface area contributed by atoms with Gasteiger partial charge in [0.25, 0.3) is 11.8 Å². The van der Waals surface area contributed by atoms with Crippen LogP contribution in [0, 0.1) is 5.92 Å². The minimum atomic E-state index is -0.345. The van der Waals surface area contributed by atoms with Crippen molar-refractivity contribution < 1.29 is 28.6 Å². The minimum absolute atomic E-state index is 0.0138. The zero-order valence-electron chi connectivity index (χ0n) is 19.7. The van der Waals surface area contributed by atoms with E-state index in [9.17, 15) is 14.4 Å². The summed E-state index contributed by atoms with van der Waals surface area (Å²) in [6.45, 7) is 7.63. The number of urea groups is 1. The fourth-order valence-corrected chi connectivity index (χ4v) is 3.52. The van der Waals surface area contributed by atoms with Gasteiger partial charge >= 0.3 is 6.03 Å². The average molecular weight is 479 g/mol. The van der Waals surface area contributed by atoms with E-state index in [0.29, 0.717) is 64.3 Å². The van der Waals surface area contributed by atoms with Crippen molar-refractivity contribution in [3.8, 4) is 0 Å². The summed E-state index contributed by atoms with van der Waals surface area (Å²) in [5.74, 6) is 0.00983. The first-order chi connectivity index (χ1) is 16.5. The zero-order valence-corrected chi connectivity index (χ0v) is 19.7. The number of amides is 4. The van der Waals surface area contributed by atoms with Crippen molar-refractivity contribution in [3.05, 3.63) is 24.0 Å². The molecule has 12 nitrogen and oxygen atoms in total. The SMILES string of the molecule is CC1CCN(C(=O)NCCOCCOCCOCCn2cc(CN3C(=O)C=CC3=O)nn2)CC1. The molecule has 12 heteroatoms. The Hall–Kier alpha value is -2.83. The number of piperidine rings is 1. The number of imide groups is 1. The van der Waals surface area contributed by atoms with Crippen LogP contribution in [-0.4, -0.2) is 102 Å². The lowest BCUT2D eigenvalue weighted by atomic mass is 10.00. The summed E-state index contributed by atoms with van der Waals surface area (Å²) in [5, 5.41) is 10.8. The van der Waals surface area contributed by atoms with E-state index < -0.39 is 0 Å². The van der Waals surface area contributed by atoms with E-state index in [-0.39, 0.29) is 24.4 Å². The first-order valence-corrected chi connectivity index (χ1v) is 11.7. The third kappa shape index (κ3) is 8.50. The second-order valence-corrected chi connectivity index (χ2v) is 8.31. The number of likely N-dealkylation sites (tertiary alicyclic amines) is 1. The van der Waals surface area contributed by atoms with Crippen LogP contribution in [0.25, 0.3) is 0 Å². The molecule has 0 aliphatic carbocycles. The molecule has 3 rings (SSSR count). The standard InChI is InChI=1S/C22H34N6O6/c1-18-4-7-26(8-5-18)22(31)23-6-10-32-12-14-34-15-13-33-11-9-27-16-19(24-25-27)17-28-20(29)2-3-21(28)30/h2-3,16,18H,4-15,17H2,1H3,(H,23,31). The molecule has 34 heavy (non-hydrogen) atoms. The van der Waals surface area contributed by atoms with Gasteiger partial charge in [-0.15, -0.1) is 5.10 Å². The van der Waals surface area contributed by atoms with E-state index in [0.717, 1.165) is 30.8 Å². The van der Waals surface area contributed by atoms with Gasteiger partial charge in [-0.25, -0.2) is 9.48 Å². The van der Waals surface area contributed by atoms with Gasteiger partial charge in [-0.3, -0.25) is 14.5 Å². The first-order valence-electron chi connectivity index (χ1n) is 11.7. The molecule has 0 bridgehead atoms. The van der Waals surface area contributed by atoms with Gasteiger partial charge < -0.3 is 24.4 Å². The number of rotatable bonds is 14. The Morgan fingerprint density at radius 2 is 1.62 bits per heavy atom. The molecule has 0 spiro atoms. The van der Waals surface area contributed by atoms with Gasteiger partial charge in [0, 0.05) is 31.8 Å². The summed E-state index contributed by atoms with van der Waals surface area (Å²) in [7, 11) is 0. The van der Waals surface area contributed by atoms with E-state index >= 15 is 0 Å². The van der Waals surface area contributed by atoms with Crippen LogP contribution in [0.2, 0.25) is 0 Å². The molecule has 0 atom stereocenters. The molecule has 188 valence electrons. The number of nitrogens with zero attached hydrogens (tertiary/aromatic N) is 5. The molecule has 1 aromatic heterocycles. The topological polar surface area (TPSA) is 128 Å². The van der Waals surface area contributed by atoms with Crippen LogP contribution in [0.1, 0.15) is 25.5 Å². The lowest BCUT2D eigenvalue weighted by molar-refractivity contribution is -0.137. The third-order valence-electron chi connectivity index (χ3n) is 5.61. The first kappa shape index (κ1) is 25.8. The number of hydrogen-bond acceptors (Lipinski definition) is 8. The van der Waals surface area contributed by atoms with Crippen molar-refractivity contribution in [3.63, 3.8) is 0 Å². The Morgan fingerprint density at radius 1 is 1.00 bits per heavy atom. The van der Waals surface area contributed by atoms with Crippen LogP contribution in [0.3, 0.4) is 0 Å². The molecular formula is C22H34N6O6. The molecule has 2 aliphatic rings. The molecule has 0 unspecified atom stereocenters. The van der Waals surface area contributed by atoms with Crippen molar-refractivity contribution in [2.24, 2.45) is 5.92 Å². The maximum absolute atomic E-state index is 12.0. The highest BCUT2D eigenvalue weighted by molar-refractivity contribution is 6.12. The number of carbonyl (C=O) groups is 3. The van der Waals surface area contributed by atoms with Gasteiger partial charge in [-0.05, 0) is 18.8 Å². The minimum Gasteiger partial charge on any atom is -0.377 e. The maximum atomic E-state index is 12.0. The summed E-state index contributed by atoms with van der Waals surface area (Å²) in [6.07, 6.45) is 6.30. The van der Waals surface area contributed by atoms with E-state index in [2.05, 4.69) is 22.6 Å². The third-order valence-corrected chi connectivity index (χ3v) is 5.61. The zero-order chi connectivity index (χ0) is 24.2. The largest absolute Gasteiger partial charge is 0.377 e. The predicted octanol–water partition coefficient (Wildman–Crippen LogP) is 0.194. The molecule has 3 heterocycles. The van der Waals surface area contributed by atoms with Crippen LogP contribution >= 0.6 is 0 Å². The van der Waals surface area contributed by atoms with Gasteiger partial charge in [0.1, 0.15) is 5.69 Å². The van der Waals surface area contributed by atoms with Crippen LogP contribution in [0.15, 0.2) is 18.3 Å². The van der Waals surface area contributed by atoms with Gasteiger partial charge in [-0.2, -0.15) is 0 Å². The number of hydrogen-bond donors (Lipinski definition) is 1. The Kier molecular flexibility index (Phi) is 10.4. The fraction of sp³-hybridized carbons (Fsp3) is 0.682.